The van der Waals surface area contributed by atoms with Crippen LogP contribution in [0.15, 0.2) is 0 Å². The van der Waals surface area contributed by atoms with Gasteiger partial charge in [0.1, 0.15) is 0 Å². The molecule has 1 saturated carbocycles. The first-order chi connectivity index (χ1) is 10.0. The summed E-state index contributed by atoms with van der Waals surface area (Å²) in [4.78, 5) is 14.0. The van der Waals surface area contributed by atoms with Crippen LogP contribution in [0, 0.1) is 0 Å². The first-order valence-corrected chi connectivity index (χ1v) is 9.67. The fourth-order valence-electron chi connectivity index (χ4n) is 3.10. The number of amides is 2. The van der Waals surface area contributed by atoms with Crippen LogP contribution in [0.5, 0.6) is 0 Å². The van der Waals surface area contributed by atoms with Crippen molar-refractivity contribution in [3.63, 3.8) is 0 Å². The molecule has 2 aliphatic rings. The van der Waals surface area contributed by atoms with E-state index in [1.165, 1.54) is 12.8 Å². The van der Waals surface area contributed by atoms with Gasteiger partial charge in [0.2, 0.25) is 10.0 Å². The molecule has 0 spiro atoms. The van der Waals surface area contributed by atoms with Crippen molar-refractivity contribution in [2.75, 3.05) is 31.9 Å². The molecule has 122 valence electrons. The van der Waals surface area contributed by atoms with Crippen molar-refractivity contribution in [3.8, 4) is 0 Å². The van der Waals surface area contributed by atoms with Crippen LogP contribution in [0.4, 0.5) is 4.79 Å². The Hall–Kier alpha value is -0.820. The van der Waals surface area contributed by atoms with Crippen LogP contribution in [0.3, 0.4) is 0 Å². The number of carbonyl (C=O) groups is 1. The molecule has 21 heavy (non-hydrogen) atoms. The second-order valence-corrected chi connectivity index (χ2v) is 8.08. The van der Waals surface area contributed by atoms with Crippen LogP contribution in [-0.4, -0.2) is 61.6 Å². The Morgan fingerprint density at radius 1 is 1.10 bits per heavy atom. The molecule has 1 aliphatic heterocycles. The van der Waals surface area contributed by atoms with E-state index in [0.29, 0.717) is 45.1 Å². The summed E-state index contributed by atoms with van der Waals surface area (Å²) in [5.41, 5.74) is 0. The predicted molar refractivity (Wildman–Crippen MR) is 82.6 cm³/mol. The lowest BCUT2D eigenvalue weighted by Gasteiger charge is -2.24. The molecule has 2 amide bonds. The van der Waals surface area contributed by atoms with Gasteiger partial charge in [-0.2, -0.15) is 0 Å². The monoisotopic (exact) mass is 317 g/mol. The van der Waals surface area contributed by atoms with E-state index in [-0.39, 0.29) is 11.8 Å². The fourth-order valence-corrected chi connectivity index (χ4v) is 4.64. The van der Waals surface area contributed by atoms with Crippen LogP contribution in [0.1, 0.15) is 45.4 Å². The summed E-state index contributed by atoms with van der Waals surface area (Å²) in [5, 5.41) is 3.07. The van der Waals surface area contributed by atoms with Gasteiger partial charge in [-0.3, -0.25) is 0 Å². The van der Waals surface area contributed by atoms with Gasteiger partial charge in [-0.05, 0) is 25.7 Å². The van der Waals surface area contributed by atoms with Gasteiger partial charge in [-0.1, -0.05) is 19.8 Å². The molecular formula is C14H27N3O3S. The Labute approximate surface area is 127 Å². The van der Waals surface area contributed by atoms with Gasteiger partial charge in [0.15, 0.2) is 0 Å². The molecule has 1 saturated heterocycles. The van der Waals surface area contributed by atoms with E-state index >= 15 is 0 Å². The number of hydrogen-bond donors (Lipinski definition) is 1. The number of carbonyl (C=O) groups excluding carboxylic acids is 1. The molecule has 2 rings (SSSR count). The molecule has 0 aromatic carbocycles. The molecule has 0 atom stereocenters. The molecule has 1 N–H and O–H groups in total. The van der Waals surface area contributed by atoms with Crippen molar-refractivity contribution in [3.05, 3.63) is 0 Å². The standard InChI is InChI=1S/C14H27N3O3S/c1-2-12-21(19,20)17-9-5-8-16(10-11-17)14(18)15-13-6-3-4-7-13/h13H,2-12H2,1H3,(H,15,18). The molecule has 2 fully saturated rings. The van der Waals surface area contributed by atoms with Gasteiger partial charge >= 0.3 is 6.03 Å². The second-order valence-electron chi connectivity index (χ2n) is 5.99. The molecule has 0 aromatic rings. The third-order valence-corrected chi connectivity index (χ3v) is 6.36. The highest BCUT2D eigenvalue weighted by atomic mass is 32.2. The Morgan fingerprint density at radius 2 is 1.81 bits per heavy atom. The summed E-state index contributed by atoms with van der Waals surface area (Å²) in [6, 6.07) is 0.275. The Morgan fingerprint density at radius 3 is 2.48 bits per heavy atom. The van der Waals surface area contributed by atoms with Gasteiger partial charge in [-0.25, -0.2) is 17.5 Å². The maximum absolute atomic E-state index is 12.2. The van der Waals surface area contributed by atoms with Gasteiger partial charge in [0.05, 0.1) is 5.75 Å². The normalized spacial score (nSPS) is 22.2. The van der Waals surface area contributed by atoms with E-state index in [2.05, 4.69) is 5.32 Å². The van der Waals surface area contributed by atoms with Crippen molar-refractivity contribution < 1.29 is 13.2 Å². The smallest absolute Gasteiger partial charge is 0.317 e. The van der Waals surface area contributed by atoms with Crippen molar-refractivity contribution >= 4 is 16.1 Å². The first-order valence-electron chi connectivity index (χ1n) is 8.06. The van der Waals surface area contributed by atoms with Crippen LogP contribution in [0.25, 0.3) is 0 Å². The highest BCUT2D eigenvalue weighted by Crippen LogP contribution is 2.18. The van der Waals surface area contributed by atoms with E-state index in [1.807, 2.05) is 6.92 Å². The fraction of sp³-hybridized carbons (Fsp3) is 0.929. The minimum absolute atomic E-state index is 0.0309. The van der Waals surface area contributed by atoms with Crippen molar-refractivity contribution in [1.29, 1.82) is 0 Å². The highest BCUT2D eigenvalue weighted by Gasteiger charge is 2.27. The van der Waals surface area contributed by atoms with Gasteiger partial charge in [0.25, 0.3) is 0 Å². The van der Waals surface area contributed by atoms with Crippen LogP contribution in [0.2, 0.25) is 0 Å². The molecule has 1 aliphatic carbocycles. The minimum Gasteiger partial charge on any atom is -0.335 e. The Balaban J connectivity index is 1.86. The number of nitrogens with one attached hydrogen (secondary N) is 1. The zero-order valence-corrected chi connectivity index (χ0v) is 13.7. The van der Waals surface area contributed by atoms with Gasteiger partial charge < -0.3 is 10.2 Å². The van der Waals surface area contributed by atoms with Gasteiger partial charge in [0, 0.05) is 32.2 Å². The molecule has 7 heteroatoms. The zero-order valence-electron chi connectivity index (χ0n) is 12.9. The van der Waals surface area contributed by atoms with Crippen LogP contribution >= 0.6 is 0 Å². The number of nitrogens with zero attached hydrogens (tertiary/aromatic N) is 2. The van der Waals surface area contributed by atoms with E-state index in [9.17, 15) is 13.2 Å². The minimum atomic E-state index is -3.15. The average molecular weight is 317 g/mol. The van der Waals surface area contributed by atoms with Crippen molar-refractivity contribution in [1.82, 2.24) is 14.5 Å². The summed E-state index contributed by atoms with van der Waals surface area (Å²) in [7, 11) is -3.15. The molecule has 6 nitrogen and oxygen atoms in total. The molecule has 0 bridgehead atoms. The van der Waals surface area contributed by atoms with E-state index in [4.69, 9.17) is 0 Å². The lowest BCUT2D eigenvalue weighted by atomic mass is 10.2. The maximum atomic E-state index is 12.2. The number of urea groups is 1. The average Bonchev–Trinajstić information content (AvgIpc) is 2.79. The summed E-state index contributed by atoms with van der Waals surface area (Å²) in [6.45, 7) is 3.94. The second kappa shape index (κ2) is 7.45. The lowest BCUT2D eigenvalue weighted by Crippen LogP contribution is -2.45. The third-order valence-electron chi connectivity index (χ3n) is 4.28. The highest BCUT2D eigenvalue weighted by molar-refractivity contribution is 7.89. The molecule has 0 radical (unpaired) electrons. The quantitative estimate of drug-likeness (QED) is 0.852. The summed E-state index contributed by atoms with van der Waals surface area (Å²) < 4.78 is 25.7. The molecule has 1 heterocycles. The molecule has 0 unspecified atom stereocenters. The van der Waals surface area contributed by atoms with Gasteiger partial charge in [-0.15, -0.1) is 0 Å². The Bertz CT molecular complexity index is 446. The molecular weight excluding hydrogens is 290 g/mol. The lowest BCUT2D eigenvalue weighted by molar-refractivity contribution is 0.196. The molecule has 0 aromatic heterocycles. The topological polar surface area (TPSA) is 69.7 Å². The van der Waals surface area contributed by atoms with E-state index in [0.717, 1.165) is 12.8 Å². The maximum Gasteiger partial charge on any atom is 0.317 e. The van der Waals surface area contributed by atoms with E-state index < -0.39 is 10.0 Å². The van der Waals surface area contributed by atoms with Crippen LogP contribution in [-0.2, 0) is 10.0 Å². The number of rotatable bonds is 4. The number of hydrogen-bond acceptors (Lipinski definition) is 3. The predicted octanol–water partition coefficient (Wildman–Crippen LogP) is 1.39. The largest absolute Gasteiger partial charge is 0.335 e. The van der Waals surface area contributed by atoms with Crippen molar-refractivity contribution in [2.24, 2.45) is 0 Å². The summed E-state index contributed by atoms with van der Waals surface area (Å²) in [6.07, 6.45) is 5.85. The van der Waals surface area contributed by atoms with Crippen LogP contribution < -0.4 is 5.32 Å². The SMILES string of the molecule is CCCS(=O)(=O)N1CCCN(C(=O)NC2CCCC2)CC1. The van der Waals surface area contributed by atoms with Crippen molar-refractivity contribution in [2.45, 2.75) is 51.5 Å². The first kappa shape index (κ1) is 16.5. The summed E-state index contributed by atoms with van der Waals surface area (Å²) in [5.74, 6) is 0.196. The summed E-state index contributed by atoms with van der Waals surface area (Å²) >= 11 is 0. The number of sulfonamides is 1. The zero-order chi connectivity index (χ0) is 15.3. The Kier molecular flexibility index (Phi) is 5.87. The third kappa shape index (κ3) is 4.57. The van der Waals surface area contributed by atoms with E-state index in [1.54, 1.807) is 9.21 Å².